The number of imidazole rings is 1. The molecule has 0 saturated carbocycles. The Morgan fingerprint density at radius 1 is 1.32 bits per heavy atom. The van der Waals surface area contributed by atoms with Crippen molar-refractivity contribution in [3.63, 3.8) is 0 Å². The van der Waals surface area contributed by atoms with Crippen LogP contribution in [0.2, 0.25) is 0 Å². The van der Waals surface area contributed by atoms with Crippen LogP contribution in [0, 0.1) is 0 Å². The van der Waals surface area contributed by atoms with Crippen molar-refractivity contribution in [2.24, 2.45) is 0 Å². The number of hydrogen-bond acceptors (Lipinski definition) is 3. The largest absolute Gasteiger partial charge is 0.353 e. The fourth-order valence-corrected chi connectivity index (χ4v) is 3.18. The average Bonchev–Trinajstić information content (AvgIpc) is 3.04. The summed E-state index contributed by atoms with van der Waals surface area (Å²) in [6.45, 7) is 0.853. The van der Waals surface area contributed by atoms with Gasteiger partial charge in [-0.25, -0.2) is 4.98 Å². The van der Waals surface area contributed by atoms with E-state index in [4.69, 9.17) is 11.6 Å². The summed E-state index contributed by atoms with van der Waals surface area (Å²) in [4.78, 5) is 8.14. The van der Waals surface area contributed by atoms with Gasteiger partial charge in [0.1, 0.15) is 5.65 Å². The molecule has 0 bridgehead atoms. The van der Waals surface area contributed by atoms with Gasteiger partial charge in [0, 0.05) is 18.1 Å². The van der Waals surface area contributed by atoms with Crippen molar-refractivity contribution < 1.29 is 0 Å². The van der Waals surface area contributed by atoms with Crippen LogP contribution in [0.1, 0.15) is 10.6 Å². The second-order valence-electron chi connectivity index (χ2n) is 4.38. The molecule has 98 valence electrons. The standard InChI is InChI=1S/C14H14ClN3S/c1-17(10-11-5-4-8-19-11)14-12(9-15)18-7-3-2-6-13(18)16-14/h2-8H,9-10H2,1H3. The van der Waals surface area contributed by atoms with Gasteiger partial charge in [-0.3, -0.25) is 0 Å². The van der Waals surface area contributed by atoms with Crippen LogP contribution < -0.4 is 4.90 Å². The Morgan fingerprint density at radius 3 is 2.95 bits per heavy atom. The number of thiophene rings is 1. The molecule has 0 aromatic carbocycles. The topological polar surface area (TPSA) is 20.5 Å². The van der Waals surface area contributed by atoms with E-state index in [2.05, 4.69) is 34.4 Å². The lowest BCUT2D eigenvalue weighted by atomic mass is 10.4. The molecule has 0 unspecified atom stereocenters. The molecule has 5 heteroatoms. The second-order valence-corrected chi connectivity index (χ2v) is 5.68. The van der Waals surface area contributed by atoms with Crippen LogP contribution in [0.4, 0.5) is 5.82 Å². The Balaban J connectivity index is 1.99. The Morgan fingerprint density at radius 2 is 2.21 bits per heavy atom. The Hall–Kier alpha value is -1.52. The predicted molar refractivity (Wildman–Crippen MR) is 81.2 cm³/mol. The second kappa shape index (κ2) is 5.23. The van der Waals surface area contributed by atoms with Crippen LogP contribution in [0.15, 0.2) is 41.9 Å². The summed E-state index contributed by atoms with van der Waals surface area (Å²) in [5.74, 6) is 1.41. The van der Waals surface area contributed by atoms with E-state index >= 15 is 0 Å². The molecule has 0 aliphatic heterocycles. The minimum absolute atomic E-state index is 0.454. The summed E-state index contributed by atoms with van der Waals surface area (Å²) in [6, 6.07) is 10.2. The summed E-state index contributed by atoms with van der Waals surface area (Å²) in [5.41, 5.74) is 1.97. The molecule has 0 fully saturated rings. The number of rotatable bonds is 4. The van der Waals surface area contributed by atoms with Crippen molar-refractivity contribution in [3.8, 4) is 0 Å². The number of fused-ring (bicyclic) bond motifs is 1. The van der Waals surface area contributed by atoms with Gasteiger partial charge in [-0.1, -0.05) is 12.1 Å². The van der Waals surface area contributed by atoms with E-state index in [9.17, 15) is 0 Å². The summed E-state index contributed by atoms with van der Waals surface area (Å²) in [6.07, 6.45) is 2.00. The van der Waals surface area contributed by atoms with Crippen LogP contribution in [-0.4, -0.2) is 16.4 Å². The number of alkyl halides is 1. The fraction of sp³-hybridized carbons (Fsp3) is 0.214. The van der Waals surface area contributed by atoms with Crippen molar-refractivity contribution in [3.05, 3.63) is 52.5 Å². The molecule has 3 aromatic rings. The highest BCUT2D eigenvalue weighted by atomic mass is 35.5. The normalized spacial score (nSPS) is 11.1. The number of halogens is 1. The van der Waals surface area contributed by atoms with Crippen LogP contribution in [-0.2, 0) is 12.4 Å². The highest BCUT2D eigenvalue weighted by Gasteiger charge is 2.15. The number of pyridine rings is 1. The van der Waals surface area contributed by atoms with Gasteiger partial charge in [-0.2, -0.15) is 0 Å². The first-order valence-corrected chi connectivity index (χ1v) is 7.46. The highest BCUT2D eigenvalue weighted by Crippen LogP contribution is 2.24. The monoisotopic (exact) mass is 291 g/mol. The van der Waals surface area contributed by atoms with Crippen LogP contribution in [0.25, 0.3) is 5.65 Å². The van der Waals surface area contributed by atoms with Crippen LogP contribution >= 0.6 is 22.9 Å². The lowest BCUT2D eigenvalue weighted by Crippen LogP contribution is -2.17. The van der Waals surface area contributed by atoms with E-state index in [0.29, 0.717) is 5.88 Å². The summed E-state index contributed by atoms with van der Waals surface area (Å²) in [7, 11) is 2.05. The lowest BCUT2D eigenvalue weighted by molar-refractivity contribution is 0.908. The van der Waals surface area contributed by atoms with Crippen molar-refractivity contribution in [2.75, 3.05) is 11.9 Å². The number of nitrogens with zero attached hydrogens (tertiary/aromatic N) is 3. The molecule has 0 amide bonds. The minimum atomic E-state index is 0.454. The molecule has 19 heavy (non-hydrogen) atoms. The number of anilines is 1. The van der Waals surface area contributed by atoms with Crippen LogP contribution in [0.5, 0.6) is 0 Å². The first-order valence-electron chi connectivity index (χ1n) is 6.05. The summed E-state index contributed by atoms with van der Waals surface area (Å²) < 4.78 is 2.05. The van der Waals surface area contributed by atoms with Gasteiger partial charge in [-0.15, -0.1) is 22.9 Å². The molecule has 3 rings (SSSR count). The number of aromatic nitrogens is 2. The Bertz CT molecular complexity index is 675. The Labute approximate surface area is 121 Å². The maximum Gasteiger partial charge on any atom is 0.152 e. The minimum Gasteiger partial charge on any atom is -0.353 e. The molecule has 0 saturated heterocycles. The van der Waals surface area contributed by atoms with Crippen LogP contribution in [0.3, 0.4) is 0 Å². The molecule has 0 aliphatic rings. The van der Waals surface area contributed by atoms with Gasteiger partial charge in [0.15, 0.2) is 5.82 Å². The summed E-state index contributed by atoms with van der Waals surface area (Å²) in [5, 5.41) is 2.09. The van der Waals surface area contributed by atoms with Gasteiger partial charge in [0.25, 0.3) is 0 Å². The van der Waals surface area contributed by atoms with Crippen molar-refractivity contribution in [1.29, 1.82) is 0 Å². The smallest absolute Gasteiger partial charge is 0.152 e. The fourth-order valence-electron chi connectivity index (χ4n) is 2.18. The molecule has 0 N–H and O–H groups in total. The zero-order valence-corrected chi connectivity index (χ0v) is 12.2. The predicted octanol–water partition coefficient (Wildman–Crippen LogP) is 3.77. The molecule has 3 nitrogen and oxygen atoms in total. The molecule has 3 heterocycles. The lowest BCUT2D eigenvalue weighted by Gasteiger charge is -2.16. The molecule has 0 radical (unpaired) electrons. The average molecular weight is 292 g/mol. The van der Waals surface area contributed by atoms with Crippen molar-refractivity contribution in [2.45, 2.75) is 12.4 Å². The van der Waals surface area contributed by atoms with Gasteiger partial charge in [0.05, 0.1) is 18.1 Å². The maximum absolute atomic E-state index is 6.09. The Kier molecular flexibility index (Phi) is 3.44. The van der Waals surface area contributed by atoms with Gasteiger partial charge >= 0.3 is 0 Å². The maximum atomic E-state index is 6.09. The quantitative estimate of drug-likeness (QED) is 0.682. The van der Waals surface area contributed by atoms with Gasteiger partial charge in [0.2, 0.25) is 0 Å². The first kappa shape index (κ1) is 12.5. The van der Waals surface area contributed by atoms with E-state index in [1.807, 2.05) is 28.8 Å². The zero-order valence-electron chi connectivity index (χ0n) is 10.6. The van der Waals surface area contributed by atoms with Gasteiger partial charge < -0.3 is 9.30 Å². The molecule has 0 aliphatic carbocycles. The first-order chi connectivity index (χ1) is 9.29. The third-order valence-electron chi connectivity index (χ3n) is 3.07. The van der Waals surface area contributed by atoms with E-state index in [1.54, 1.807) is 11.3 Å². The molecule has 3 aromatic heterocycles. The zero-order chi connectivity index (χ0) is 13.2. The van der Waals surface area contributed by atoms with E-state index in [0.717, 1.165) is 23.7 Å². The third kappa shape index (κ3) is 2.33. The summed E-state index contributed by atoms with van der Waals surface area (Å²) >= 11 is 7.85. The van der Waals surface area contributed by atoms with Gasteiger partial charge in [-0.05, 0) is 23.6 Å². The third-order valence-corrected chi connectivity index (χ3v) is 4.18. The molecular formula is C14H14ClN3S. The highest BCUT2D eigenvalue weighted by molar-refractivity contribution is 7.09. The molecule has 0 atom stereocenters. The van der Waals surface area contributed by atoms with E-state index < -0.39 is 0 Å². The number of hydrogen-bond donors (Lipinski definition) is 0. The SMILES string of the molecule is CN(Cc1cccs1)c1nc2ccccn2c1CCl. The van der Waals surface area contributed by atoms with E-state index in [-0.39, 0.29) is 0 Å². The van der Waals surface area contributed by atoms with Crippen molar-refractivity contribution >= 4 is 34.4 Å². The van der Waals surface area contributed by atoms with E-state index in [1.165, 1.54) is 4.88 Å². The molecule has 0 spiro atoms. The van der Waals surface area contributed by atoms with Crippen molar-refractivity contribution in [1.82, 2.24) is 9.38 Å². The molecular weight excluding hydrogens is 278 g/mol.